The Bertz CT molecular complexity index is 659. The normalized spacial score (nSPS) is 17.4. The second-order valence-electron chi connectivity index (χ2n) is 5.62. The zero-order valence-corrected chi connectivity index (χ0v) is 12.4. The highest BCUT2D eigenvalue weighted by Gasteiger charge is 2.33. The zero-order valence-electron chi connectivity index (χ0n) is 11.6. The molecule has 1 aliphatic rings. The highest BCUT2D eigenvalue weighted by atomic mass is 35.5. The summed E-state index contributed by atoms with van der Waals surface area (Å²) in [5.41, 5.74) is 0.510. The number of imidazole rings is 1. The smallest absolute Gasteiger partial charge is 0.325 e. The monoisotopic (exact) mass is 316 g/mol. The number of benzene rings is 1. The SMILES string of the molecule is CC(C1CC1)n1c(CCCl)nc2cc(C(F)(F)F)ccc21. The molecule has 2 nitrogen and oxygen atoms in total. The van der Waals surface area contributed by atoms with Crippen LogP contribution in [0.1, 0.15) is 37.2 Å². The lowest BCUT2D eigenvalue weighted by Gasteiger charge is -2.17. The number of hydrogen-bond acceptors (Lipinski definition) is 1. The Morgan fingerprint density at radius 2 is 2.10 bits per heavy atom. The van der Waals surface area contributed by atoms with Gasteiger partial charge in [-0.2, -0.15) is 13.2 Å². The molecular weight excluding hydrogens is 301 g/mol. The Morgan fingerprint density at radius 3 is 2.67 bits per heavy atom. The molecule has 2 aromatic rings. The fraction of sp³-hybridized carbons (Fsp3) is 0.533. The standard InChI is InChI=1S/C15H16ClF3N2/c1-9(10-2-3-10)21-13-5-4-11(15(17,18)19)8-12(13)20-14(21)6-7-16/h4-5,8-10H,2-3,6-7H2,1H3. The molecule has 1 saturated carbocycles. The molecule has 0 N–H and O–H groups in total. The van der Waals surface area contributed by atoms with Gasteiger partial charge in [-0.1, -0.05) is 0 Å². The van der Waals surface area contributed by atoms with Gasteiger partial charge in [0.15, 0.2) is 0 Å². The van der Waals surface area contributed by atoms with E-state index < -0.39 is 11.7 Å². The first-order chi connectivity index (χ1) is 9.91. The quantitative estimate of drug-likeness (QED) is 0.740. The molecule has 1 aliphatic carbocycles. The molecule has 0 amide bonds. The number of rotatable bonds is 4. The van der Waals surface area contributed by atoms with Gasteiger partial charge in [0.25, 0.3) is 0 Å². The first-order valence-corrected chi connectivity index (χ1v) is 7.59. The molecule has 114 valence electrons. The van der Waals surface area contributed by atoms with Crippen molar-refractivity contribution in [2.45, 2.75) is 38.4 Å². The molecule has 1 fully saturated rings. The molecule has 0 saturated heterocycles. The molecule has 1 atom stereocenters. The van der Waals surface area contributed by atoms with Crippen LogP contribution in [0.4, 0.5) is 13.2 Å². The first-order valence-electron chi connectivity index (χ1n) is 7.06. The van der Waals surface area contributed by atoms with Gasteiger partial charge in [0.05, 0.1) is 16.6 Å². The average Bonchev–Trinajstić information content (AvgIpc) is 3.18. The van der Waals surface area contributed by atoms with E-state index >= 15 is 0 Å². The summed E-state index contributed by atoms with van der Waals surface area (Å²) in [5, 5.41) is 0. The summed E-state index contributed by atoms with van der Waals surface area (Å²) in [6, 6.07) is 4.04. The number of halogens is 4. The van der Waals surface area contributed by atoms with Gasteiger partial charge < -0.3 is 4.57 Å². The first kappa shape index (κ1) is 14.7. The number of aromatic nitrogens is 2. The van der Waals surface area contributed by atoms with Gasteiger partial charge in [-0.05, 0) is 43.9 Å². The molecule has 21 heavy (non-hydrogen) atoms. The molecule has 1 unspecified atom stereocenters. The van der Waals surface area contributed by atoms with Crippen LogP contribution in [0, 0.1) is 5.92 Å². The number of aryl methyl sites for hydroxylation is 1. The second kappa shape index (κ2) is 5.20. The summed E-state index contributed by atoms with van der Waals surface area (Å²) in [7, 11) is 0. The van der Waals surface area contributed by atoms with E-state index in [1.807, 2.05) is 0 Å². The average molecular weight is 317 g/mol. The highest BCUT2D eigenvalue weighted by molar-refractivity contribution is 6.17. The molecule has 0 spiro atoms. The number of nitrogens with zero attached hydrogens (tertiary/aromatic N) is 2. The van der Waals surface area contributed by atoms with Gasteiger partial charge in [-0.3, -0.25) is 0 Å². The van der Waals surface area contributed by atoms with Crippen molar-refractivity contribution in [1.82, 2.24) is 9.55 Å². The molecule has 1 aromatic carbocycles. The summed E-state index contributed by atoms with van der Waals surface area (Å²) in [5.74, 6) is 1.78. The molecule has 1 heterocycles. The topological polar surface area (TPSA) is 17.8 Å². The van der Waals surface area contributed by atoms with E-state index in [9.17, 15) is 13.2 Å². The third-order valence-corrected chi connectivity index (χ3v) is 4.31. The van der Waals surface area contributed by atoms with Crippen molar-refractivity contribution in [3.8, 4) is 0 Å². The van der Waals surface area contributed by atoms with E-state index in [1.54, 1.807) is 0 Å². The van der Waals surface area contributed by atoms with Crippen molar-refractivity contribution in [2.75, 3.05) is 5.88 Å². The summed E-state index contributed by atoms with van der Waals surface area (Å²) in [6.07, 6.45) is -1.44. The van der Waals surface area contributed by atoms with Gasteiger partial charge in [-0.15, -0.1) is 11.6 Å². The maximum Gasteiger partial charge on any atom is 0.416 e. The summed E-state index contributed by atoms with van der Waals surface area (Å²) in [6.45, 7) is 2.11. The fourth-order valence-corrected chi connectivity index (χ4v) is 3.00. The van der Waals surface area contributed by atoms with Gasteiger partial charge >= 0.3 is 6.18 Å². The molecule has 6 heteroatoms. The van der Waals surface area contributed by atoms with Crippen LogP contribution in [0.2, 0.25) is 0 Å². The minimum absolute atomic E-state index is 0.255. The lowest BCUT2D eigenvalue weighted by Crippen LogP contribution is -2.11. The van der Waals surface area contributed by atoms with Crippen LogP contribution in [0.15, 0.2) is 18.2 Å². The molecule has 0 aliphatic heterocycles. The van der Waals surface area contributed by atoms with Crippen molar-refractivity contribution in [3.63, 3.8) is 0 Å². The largest absolute Gasteiger partial charge is 0.416 e. The Kier molecular flexibility index (Phi) is 3.64. The Morgan fingerprint density at radius 1 is 1.38 bits per heavy atom. The number of hydrogen-bond donors (Lipinski definition) is 0. The lowest BCUT2D eigenvalue weighted by molar-refractivity contribution is -0.137. The molecule has 1 aromatic heterocycles. The van der Waals surface area contributed by atoms with E-state index in [4.69, 9.17) is 11.6 Å². The van der Waals surface area contributed by atoms with E-state index in [2.05, 4.69) is 16.5 Å². The zero-order chi connectivity index (χ0) is 15.2. The van der Waals surface area contributed by atoms with E-state index in [-0.39, 0.29) is 6.04 Å². The Hall–Kier alpha value is -1.23. The summed E-state index contributed by atoms with van der Waals surface area (Å²) >= 11 is 5.81. The van der Waals surface area contributed by atoms with Crippen LogP contribution in [-0.2, 0) is 12.6 Å². The maximum absolute atomic E-state index is 12.8. The Balaban J connectivity index is 2.12. The van der Waals surface area contributed by atoms with Gasteiger partial charge in [0.1, 0.15) is 5.82 Å². The van der Waals surface area contributed by atoms with Crippen molar-refractivity contribution >= 4 is 22.6 Å². The maximum atomic E-state index is 12.8. The predicted molar refractivity (Wildman–Crippen MR) is 76.6 cm³/mol. The van der Waals surface area contributed by atoms with Crippen molar-refractivity contribution in [3.05, 3.63) is 29.6 Å². The van der Waals surface area contributed by atoms with Crippen molar-refractivity contribution < 1.29 is 13.2 Å². The van der Waals surface area contributed by atoms with E-state index in [1.165, 1.54) is 18.9 Å². The third-order valence-electron chi connectivity index (χ3n) is 4.12. The van der Waals surface area contributed by atoms with Gasteiger partial charge in [0, 0.05) is 18.3 Å². The highest BCUT2D eigenvalue weighted by Crippen LogP contribution is 2.42. The lowest BCUT2D eigenvalue weighted by atomic mass is 10.1. The molecule has 0 radical (unpaired) electrons. The third kappa shape index (κ3) is 2.76. The van der Waals surface area contributed by atoms with Crippen LogP contribution in [0.3, 0.4) is 0 Å². The summed E-state index contributed by atoms with van der Waals surface area (Å²) in [4.78, 5) is 4.39. The number of alkyl halides is 4. The van der Waals surface area contributed by atoms with Crippen molar-refractivity contribution in [1.29, 1.82) is 0 Å². The molecular formula is C15H16ClF3N2. The molecule has 0 bridgehead atoms. The van der Waals surface area contributed by atoms with Crippen LogP contribution in [-0.4, -0.2) is 15.4 Å². The van der Waals surface area contributed by atoms with E-state index in [0.29, 0.717) is 23.7 Å². The van der Waals surface area contributed by atoms with Crippen LogP contribution >= 0.6 is 11.6 Å². The van der Waals surface area contributed by atoms with Crippen LogP contribution in [0.25, 0.3) is 11.0 Å². The number of fused-ring (bicyclic) bond motifs is 1. The minimum atomic E-state index is -4.34. The predicted octanol–water partition coefficient (Wildman–Crippen LogP) is 4.81. The summed E-state index contributed by atoms with van der Waals surface area (Å²) < 4.78 is 40.5. The molecule has 3 rings (SSSR count). The minimum Gasteiger partial charge on any atom is -0.325 e. The second-order valence-corrected chi connectivity index (χ2v) is 5.99. The van der Waals surface area contributed by atoms with E-state index in [0.717, 1.165) is 23.5 Å². The Labute approximate surface area is 125 Å². The van der Waals surface area contributed by atoms with Crippen LogP contribution < -0.4 is 0 Å². The fourth-order valence-electron chi connectivity index (χ4n) is 2.83. The van der Waals surface area contributed by atoms with Gasteiger partial charge in [-0.25, -0.2) is 4.98 Å². The van der Waals surface area contributed by atoms with Crippen molar-refractivity contribution in [2.24, 2.45) is 5.92 Å². The van der Waals surface area contributed by atoms with Crippen LogP contribution in [0.5, 0.6) is 0 Å². The van der Waals surface area contributed by atoms with Gasteiger partial charge in [0.2, 0.25) is 0 Å².